The second-order valence-corrected chi connectivity index (χ2v) is 4.23. The summed E-state index contributed by atoms with van der Waals surface area (Å²) < 4.78 is 22.8. The first-order valence-corrected chi connectivity index (χ1v) is 5.69. The third-order valence-electron chi connectivity index (χ3n) is 2.12. The minimum atomic E-state index is -0.461. The number of hydrogen-bond acceptors (Lipinski definition) is 4. The maximum Gasteiger partial charge on any atom is 0.331 e. The highest BCUT2D eigenvalue weighted by Gasteiger charge is 2.10. The first-order valence-electron chi connectivity index (χ1n) is 4.89. The Balaban J connectivity index is 2.49. The van der Waals surface area contributed by atoms with Gasteiger partial charge in [0.05, 0.1) is 24.2 Å². The van der Waals surface area contributed by atoms with E-state index < -0.39 is 12.0 Å². The van der Waals surface area contributed by atoms with E-state index in [1.165, 1.54) is 13.2 Å². The maximum absolute atomic E-state index is 13.0. The number of halogens is 2. The summed E-state index contributed by atoms with van der Waals surface area (Å²) in [5, 5.41) is 0. The Bertz CT molecular complexity index is 400. The van der Waals surface area contributed by atoms with Crippen LogP contribution in [-0.4, -0.2) is 26.3 Å². The second-order valence-electron chi connectivity index (χ2n) is 3.37. The van der Waals surface area contributed by atoms with E-state index in [2.05, 4.69) is 20.7 Å². The van der Waals surface area contributed by atoms with E-state index in [-0.39, 0.29) is 19.0 Å². The van der Waals surface area contributed by atoms with Gasteiger partial charge in [-0.05, 0) is 33.6 Å². The highest BCUT2D eigenvalue weighted by atomic mass is 79.9. The third-order valence-corrected chi connectivity index (χ3v) is 2.72. The van der Waals surface area contributed by atoms with Gasteiger partial charge < -0.3 is 15.2 Å². The van der Waals surface area contributed by atoms with E-state index >= 15 is 0 Å². The average molecular weight is 306 g/mol. The van der Waals surface area contributed by atoms with Gasteiger partial charge in [0.15, 0.2) is 0 Å². The molecular formula is C11H13BrFNO3. The lowest BCUT2D eigenvalue weighted by Gasteiger charge is -2.12. The molecule has 0 heterocycles. The summed E-state index contributed by atoms with van der Waals surface area (Å²) in [5.74, 6) is -0.811. The van der Waals surface area contributed by atoms with Gasteiger partial charge in [0.1, 0.15) is 12.4 Å². The molecule has 0 bridgehead atoms. The number of hydrogen-bond donors (Lipinski definition) is 1. The lowest BCUT2D eigenvalue weighted by molar-refractivity contribution is -0.146. The van der Waals surface area contributed by atoms with Crippen LogP contribution in [0.15, 0.2) is 22.7 Å². The Morgan fingerprint density at radius 2 is 2.29 bits per heavy atom. The SMILES string of the molecule is COC(=O)COCC(N)c1ccc(F)c(Br)c1. The molecule has 1 atom stereocenters. The molecule has 0 radical (unpaired) electrons. The third kappa shape index (κ3) is 4.41. The van der Waals surface area contributed by atoms with Crippen molar-refractivity contribution in [1.82, 2.24) is 0 Å². The quantitative estimate of drug-likeness (QED) is 0.842. The number of nitrogens with two attached hydrogens (primary N) is 1. The van der Waals surface area contributed by atoms with Gasteiger partial charge in [-0.2, -0.15) is 0 Å². The van der Waals surface area contributed by atoms with Crippen LogP contribution in [0.4, 0.5) is 4.39 Å². The zero-order valence-electron chi connectivity index (χ0n) is 9.28. The van der Waals surface area contributed by atoms with Gasteiger partial charge in [0.25, 0.3) is 0 Å². The molecule has 0 saturated carbocycles. The topological polar surface area (TPSA) is 61.5 Å². The van der Waals surface area contributed by atoms with E-state index in [1.807, 2.05) is 0 Å². The van der Waals surface area contributed by atoms with Crippen molar-refractivity contribution in [2.75, 3.05) is 20.3 Å². The lowest BCUT2D eigenvalue weighted by atomic mass is 10.1. The van der Waals surface area contributed by atoms with Crippen LogP contribution in [0.25, 0.3) is 0 Å². The Kier molecular flexibility index (Phi) is 5.54. The summed E-state index contributed by atoms with van der Waals surface area (Å²) in [7, 11) is 1.28. The van der Waals surface area contributed by atoms with Gasteiger partial charge in [-0.25, -0.2) is 9.18 Å². The molecule has 2 N–H and O–H groups in total. The second kappa shape index (κ2) is 6.68. The van der Waals surface area contributed by atoms with E-state index in [9.17, 15) is 9.18 Å². The summed E-state index contributed by atoms with van der Waals surface area (Å²) in [6, 6.07) is 4.06. The fourth-order valence-corrected chi connectivity index (χ4v) is 1.56. The highest BCUT2D eigenvalue weighted by Crippen LogP contribution is 2.20. The molecule has 6 heteroatoms. The largest absolute Gasteiger partial charge is 0.467 e. The fraction of sp³-hybridized carbons (Fsp3) is 0.364. The molecule has 1 unspecified atom stereocenters. The first kappa shape index (κ1) is 14.1. The summed E-state index contributed by atoms with van der Waals surface area (Å²) in [6.45, 7) is 0.0136. The summed E-state index contributed by atoms with van der Waals surface area (Å²) in [4.78, 5) is 10.8. The highest BCUT2D eigenvalue weighted by molar-refractivity contribution is 9.10. The predicted octanol–water partition coefficient (Wildman–Crippen LogP) is 1.78. The van der Waals surface area contributed by atoms with E-state index in [1.54, 1.807) is 12.1 Å². The van der Waals surface area contributed by atoms with E-state index in [0.717, 1.165) is 5.56 Å². The molecule has 1 rings (SSSR count). The maximum atomic E-state index is 13.0. The molecule has 0 spiro atoms. The Morgan fingerprint density at radius 3 is 2.88 bits per heavy atom. The monoisotopic (exact) mass is 305 g/mol. The van der Waals surface area contributed by atoms with Crippen LogP contribution in [0.3, 0.4) is 0 Å². The van der Waals surface area contributed by atoms with Gasteiger partial charge in [-0.1, -0.05) is 6.07 Å². The molecular weight excluding hydrogens is 293 g/mol. The number of methoxy groups -OCH3 is 1. The molecule has 0 aliphatic heterocycles. The number of esters is 1. The van der Waals surface area contributed by atoms with E-state index in [4.69, 9.17) is 10.5 Å². The number of ether oxygens (including phenoxy) is 2. The van der Waals surface area contributed by atoms with Crippen LogP contribution >= 0.6 is 15.9 Å². The summed E-state index contributed by atoms with van der Waals surface area (Å²) in [5.41, 5.74) is 6.55. The minimum Gasteiger partial charge on any atom is -0.467 e. The fourth-order valence-electron chi connectivity index (χ4n) is 1.17. The van der Waals surface area contributed by atoms with Gasteiger partial charge in [0.2, 0.25) is 0 Å². The van der Waals surface area contributed by atoms with Crippen molar-refractivity contribution in [3.63, 3.8) is 0 Å². The van der Waals surface area contributed by atoms with Gasteiger partial charge in [-0.3, -0.25) is 0 Å². The van der Waals surface area contributed by atoms with E-state index in [0.29, 0.717) is 4.47 Å². The smallest absolute Gasteiger partial charge is 0.331 e. The number of carbonyl (C=O) groups is 1. The van der Waals surface area contributed by atoms with Crippen LogP contribution in [0.2, 0.25) is 0 Å². The molecule has 4 nitrogen and oxygen atoms in total. The van der Waals surface area contributed by atoms with Gasteiger partial charge in [-0.15, -0.1) is 0 Å². The van der Waals surface area contributed by atoms with Crippen molar-refractivity contribution in [3.05, 3.63) is 34.1 Å². The van der Waals surface area contributed by atoms with Crippen molar-refractivity contribution >= 4 is 21.9 Å². The molecule has 1 aromatic carbocycles. The van der Waals surface area contributed by atoms with Gasteiger partial charge >= 0.3 is 5.97 Å². The lowest BCUT2D eigenvalue weighted by Crippen LogP contribution is -2.20. The normalized spacial score (nSPS) is 12.2. The molecule has 0 fully saturated rings. The van der Waals surface area contributed by atoms with Crippen molar-refractivity contribution < 1.29 is 18.7 Å². The molecule has 1 aromatic rings. The van der Waals surface area contributed by atoms with Crippen LogP contribution in [0, 0.1) is 5.82 Å². The Morgan fingerprint density at radius 1 is 1.59 bits per heavy atom. The van der Waals surface area contributed by atoms with Crippen LogP contribution in [0.1, 0.15) is 11.6 Å². The number of benzene rings is 1. The van der Waals surface area contributed by atoms with Gasteiger partial charge in [0, 0.05) is 0 Å². The standard InChI is InChI=1S/C11H13BrFNO3/c1-16-11(15)6-17-5-10(14)7-2-3-9(13)8(12)4-7/h2-4,10H,5-6,14H2,1H3. The summed E-state index contributed by atoms with van der Waals surface area (Å²) >= 11 is 3.07. The van der Waals surface area contributed by atoms with Crippen molar-refractivity contribution in [2.24, 2.45) is 5.73 Å². The Hall–Kier alpha value is -0.980. The predicted molar refractivity (Wildman–Crippen MR) is 63.9 cm³/mol. The van der Waals surface area contributed by atoms with Crippen molar-refractivity contribution in [3.8, 4) is 0 Å². The summed E-state index contributed by atoms with van der Waals surface area (Å²) in [6.07, 6.45) is 0. The molecule has 17 heavy (non-hydrogen) atoms. The number of rotatable bonds is 5. The molecule has 0 amide bonds. The molecule has 0 aromatic heterocycles. The molecule has 0 saturated heterocycles. The molecule has 94 valence electrons. The average Bonchev–Trinajstić information content (AvgIpc) is 2.32. The van der Waals surface area contributed by atoms with Crippen LogP contribution in [-0.2, 0) is 14.3 Å². The zero-order chi connectivity index (χ0) is 12.8. The van der Waals surface area contributed by atoms with Crippen molar-refractivity contribution in [1.29, 1.82) is 0 Å². The first-order chi connectivity index (χ1) is 8.04. The van der Waals surface area contributed by atoms with Crippen LogP contribution < -0.4 is 5.73 Å². The number of carbonyl (C=O) groups excluding carboxylic acids is 1. The zero-order valence-corrected chi connectivity index (χ0v) is 10.9. The Labute approximate surface area is 107 Å². The minimum absolute atomic E-state index is 0.146. The van der Waals surface area contributed by atoms with Crippen LogP contribution in [0.5, 0.6) is 0 Å². The van der Waals surface area contributed by atoms with Crippen molar-refractivity contribution in [2.45, 2.75) is 6.04 Å². The molecule has 0 aliphatic rings. The molecule has 0 aliphatic carbocycles.